The van der Waals surface area contributed by atoms with E-state index < -0.39 is 6.10 Å². The highest BCUT2D eigenvalue weighted by Crippen LogP contribution is 2.26. The summed E-state index contributed by atoms with van der Waals surface area (Å²) in [4.78, 5) is 6.04. The Morgan fingerprint density at radius 2 is 2.38 bits per heavy atom. The number of halogens is 1. The number of aliphatic hydroxyl groups excluding tert-OH is 1. The third-order valence-corrected chi connectivity index (χ3v) is 4.15. The molecule has 3 nitrogen and oxygen atoms in total. The molecule has 0 aliphatic carbocycles. The van der Waals surface area contributed by atoms with Crippen molar-refractivity contribution in [2.75, 3.05) is 6.54 Å². The van der Waals surface area contributed by atoms with Crippen molar-refractivity contribution in [1.82, 2.24) is 10.3 Å². The van der Waals surface area contributed by atoms with Gasteiger partial charge in [0, 0.05) is 29.0 Å². The number of rotatable bonds is 5. The molecule has 2 heterocycles. The summed E-state index contributed by atoms with van der Waals surface area (Å²) in [6, 6.07) is 3.65. The van der Waals surface area contributed by atoms with E-state index in [4.69, 9.17) is 11.6 Å². The van der Waals surface area contributed by atoms with Crippen molar-refractivity contribution in [3.05, 3.63) is 37.9 Å². The van der Waals surface area contributed by atoms with Crippen molar-refractivity contribution < 1.29 is 5.11 Å². The van der Waals surface area contributed by atoms with E-state index in [1.54, 1.807) is 22.9 Å². The molecule has 6 heteroatoms. The minimum absolute atomic E-state index is 0.495. The average molecular weight is 275 g/mol. The van der Waals surface area contributed by atoms with Crippen LogP contribution in [0.25, 0.3) is 0 Å². The van der Waals surface area contributed by atoms with Crippen LogP contribution in [0.3, 0.4) is 0 Å². The third kappa shape index (κ3) is 3.26. The van der Waals surface area contributed by atoms with Crippen molar-refractivity contribution in [2.24, 2.45) is 0 Å². The summed E-state index contributed by atoms with van der Waals surface area (Å²) >= 11 is 8.81. The molecule has 0 aliphatic rings. The second-order valence-corrected chi connectivity index (χ2v) is 5.97. The van der Waals surface area contributed by atoms with E-state index in [0.29, 0.717) is 10.9 Å². The lowest BCUT2D eigenvalue weighted by Crippen LogP contribution is -2.19. The Morgan fingerprint density at radius 3 is 3.00 bits per heavy atom. The molecule has 1 unspecified atom stereocenters. The maximum absolute atomic E-state index is 9.84. The van der Waals surface area contributed by atoms with Gasteiger partial charge < -0.3 is 10.4 Å². The van der Waals surface area contributed by atoms with Gasteiger partial charge in [-0.3, -0.25) is 4.98 Å². The first-order chi connectivity index (χ1) is 7.75. The lowest BCUT2D eigenvalue weighted by molar-refractivity contribution is 0.178. The number of hydrogen-bond donors (Lipinski definition) is 2. The van der Waals surface area contributed by atoms with E-state index in [2.05, 4.69) is 10.3 Å². The van der Waals surface area contributed by atoms with Crippen LogP contribution in [0.1, 0.15) is 15.9 Å². The highest BCUT2D eigenvalue weighted by atomic mass is 35.5. The fourth-order valence-electron chi connectivity index (χ4n) is 1.27. The fourth-order valence-corrected chi connectivity index (χ4v) is 2.88. The van der Waals surface area contributed by atoms with Gasteiger partial charge >= 0.3 is 0 Å². The molecule has 0 bridgehead atoms. The predicted octanol–water partition coefficient (Wildman–Crippen LogP) is 2.68. The molecule has 2 aromatic heterocycles. The first kappa shape index (κ1) is 12.0. The molecule has 2 aromatic rings. The first-order valence-corrected chi connectivity index (χ1v) is 6.84. The van der Waals surface area contributed by atoms with Gasteiger partial charge in [0.1, 0.15) is 6.10 Å². The molecule has 1 atom stereocenters. The Hall–Kier alpha value is -0.460. The summed E-state index contributed by atoms with van der Waals surface area (Å²) in [6.07, 6.45) is 1.33. The Morgan fingerprint density at radius 1 is 1.50 bits per heavy atom. The summed E-state index contributed by atoms with van der Waals surface area (Å²) in [6.45, 7) is 1.26. The molecule has 2 rings (SSSR count). The molecule has 86 valence electrons. The number of nitrogens with zero attached hydrogens (tertiary/aromatic N) is 1. The van der Waals surface area contributed by atoms with Crippen LogP contribution >= 0.6 is 34.3 Å². The largest absolute Gasteiger partial charge is 0.386 e. The van der Waals surface area contributed by atoms with Crippen LogP contribution in [0.5, 0.6) is 0 Å². The summed E-state index contributed by atoms with van der Waals surface area (Å²) < 4.78 is 0.705. The van der Waals surface area contributed by atoms with Crippen molar-refractivity contribution in [1.29, 1.82) is 0 Å². The Kier molecular flexibility index (Phi) is 4.31. The Balaban J connectivity index is 1.78. The summed E-state index contributed by atoms with van der Waals surface area (Å²) in [5.74, 6) is 0. The van der Waals surface area contributed by atoms with Gasteiger partial charge in [0.05, 0.1) is 9.85 Å². The zero-order valence-electron chi connectivity index (χ0n) is 8.39. The Labute approximate surface area is 107 Å². The van der Waals surface area contributed by atoms with Gasteiger partial charge in [-0.15, -0.1) is 22.7 Å². The number of thiazole rings is 1. The molecular weight excluding hydrogens is 264 g/mol. The smallest absolute Gasteiger partial charge is 0.101 e. The maximum Gasteiger partial charge on any atom is 0.101 e. The number of thiophene rings is 1. The van der Waals surface area contributed by atoms with E-state index in [1.807, 2.05) is 12.3 Å². The van der Waals surface area contributed by atoms with Crippen LogP contribution in [0, 0.1) is 0 Å². The van der Waals surface area contributed by atoms with Crippen molar-refractivity contribution >= 4 is 34.3 Å². The molecule has 0 fully saturated rings. The predicted molar refractivity (Wildman–Crippen MR) is 68.1 cm³/mol. The quantitative estimate of drug-likeness (QED) is 0.881. The van der Waals surface area contributed by atoms with E-state index in [1.165, 1.54) is 11.3 Å². The highest BCUT2D eigenvalue weighted by molar-refractivity contribution is 7.16. The second kappa shape index (κ2) is 5.75. The summed E-state index contributed by atoms with van der Waals surface area (Å²) in [5, 5.41) is 13.0. The maximum atomic E-state index is 9.84. The summed E-state index contributed by atoms with van der Waals surface area (Å²) in [5.41, 5.74) is 1.80. The zero-order valence-corrected chi connectivity index (χ0v) is 10.8. The number of hydrogen-bond acceptors (Lipinski definition) is 5. The minimum Gasteiger partial charge on any atom is -0.386 e. The molecule has 16 heavy (non-hydrogen) atoms. The van der Waals surface area contributed by atoms with E-state index >= 15 is 0 Å². The monoisotopic (exact) mass is 274 g/mol. The van der Waals surface area contributed by atoms with Gasteiger partial charge in [-0.2, -0.15) is 0 Å². The van der Waals surface area contributed by atoms with Gasteiger partial charge in [0.2, 0.25) is 0 Å². The average Bonchev–Trinajstić information content (AvgIpc) is 2.89. The SMILES string of the molecule is OC(CNCc1cncs1)c1ccc(Cl)s1. The van der Waals surface area contributed by atoms with Gasteiger partial charge in [-0.25, -0.2) is 0 Å². The molecule has 0 aliphatic heterocycles. The van der Waals surface area contributed by atoms with Gasteiger partial charge in [-0.05, 0) is 12.1 Å². The van der Waals surface area contributed by atoms with Crippen LogP contribution in [0.4, 0.5) is 0 Å². The first-order valence-electron chi connectivity index (χ1n) is 4.77. The van der Waals surface area contributed by atoms with Gasteiger partial charge in [0.15, 0.2) is 0 Å². The minimum atomic E-state index is -0.495. The van der Waals surface area contributed by atoms with Crippen molar-refractivity contribution in [3.63, 3.8) is 0 Å². The molecule has 0 saturated carbocycles. The Bertz CT molecular complexity index is 430. The molecule has 0 saturated heterocycles. The van der Waals surface area contributed by atoms with Crippen molar-refractivity contribution in [3.8, 4) is 0 Å². The summed E-state index contributed by atoms with van der Waals surface area (Å²) in [7, 11) is 0. The zero-order chi connectivity index (χ0) is 11.4. The standard InChI is InChI=1S/C10H11ClN2OS2/c11-10-2-1-9(16-10)8(14)5-12-3-7-4-13-6-15-7/h1-2,4,6,8,12,14H,3,5H2. The molecule has 0 spiro atoms. The topological polar surface area (TPSA) is 45.1 Å². The van der Waals surface area contributed by atoms with Crippen LogP contribution in [0.2, 0.25) is 4.34 Å². The molecule has 0 amide bonds. The lowest BCUT2D eigenvalue weighted by Gasteiger charge is -2.08. The molecule has 0 radical (unpaired) electrons. The highest BCUT2D eigenvalue weighted by Gasteiger charge is 2.09. The molecular formula is C10H11ClN2OS2. The molecule has 2 N–H and O–H groups in total. The lowest BCUT2D eigenvalue weighted by atomic mass is 10.3. The van der Waals surface area contributed by atoms with E-state index in [0.717, 1.165) is 16.3 Å². The van der Waals surface area contributed by atoms with E-state index in [-0.39, 0.29) is 0 Å². The number of nitrogens with one attached hydrogen (secondary N) is 1. The van der Waals surface area contributed by atoms with Crippen LogP contribution in [0.15, 0.2) is 23.8 Å². The molecule has 0 aromatic carbocycles. The van der Waals surface area contributed by atoms with Crippen LogP contribution in [-0.4, -0.2) is 16.6 Å². The van der Waals surface area contributed by atoms with Gasteiger partial charge in [0.25, 0.3) is 0 Å². The van der Waals surface area contributed by atoms with Crippen LogP contribution < -0.4 is 5.32 Å². The van der Waals surface area contributed by atoms with Crippen LogP contribution in [-0.2, 0) is 6.54 Å². The fraction of sp³-hybridized carbons (Fsp3) is 0.300. The third-order valence-electron chi connectivity index (χ3n) is 2.04. The van der Waals surface area contributed by atoms with E-state index in [9.17, 15) is 5.11 Å². The second-order valence-electron chi connectivity index (χ2n) is 3.26. The number of aliphatic hydroxyl groups is 1. The van der Waals surface area contributed by atoms with Gasteiger partial charge in [-0.1, -0.05) is 11.6 Å². The normalized spacial score (nSPS) is 12.9. The van der Waals surface area contributed by atoms with Crippen molar-refractivity contribution in [2.45, 2.75) is 12.6 Å². The number of aromatic nitrogens is 1.